The van der Waals surface area contributed by atoms with Gasteiger partial charge in [-0.05, 0) is 43.2 Å². The van der Waals surface area contributed by atoms with Gasteiger partial charge in [0, 0.05) is 18.4 Å². The Morgan fingerprint density at radius 1 is 1.31 bits per heavy atom. The summed E-state index contributed by atoms with van der Waals surface area (Å²) in [5, 5.41) is 3.60. The number of hydrogen-bond acceptors (Lipinski definition) is 2. The quantitative estimate of drug-likeness (QED) is 0.763. The van der Waals surface area contributed by atoms with Gasteiger partial charge >= 0.3 is 0 Å². The highest BCUT2D eigenvalue weighted by Crippen LogP contribution is 2.34. The van der Waals surface area contributed by atoms with Crippen LogP contribution in [0.1, 0.15) is 46.0 Å². The third-order valence-corrected chi connectivity index (χ3v) is 3.61. The van der Waals surface area contributed by atoms with E-state index in [0.29, 0.717) is 11.5 Å². The smallest absolute Gasteiger partial charge is 0.0528 e. The first kappa shape index (κ1) is 11.4. The lowest BCUT2D eigenvalue weighted by Crippen LogP contribution is -2.19. The molecule has 1 aliphatic rings. The highest BCUT2D eigenvalue weighted by atomic mass is 14.9. The molecule has 2 heteroatoms. The summed E-state index contributed by atoms with van der Waals surface area (Å²) in [6.45, 7) is 4.78. The lowest BCUT2D eigenvalue weighted by atomic mass is 9.85. The van der Waals surface area contributed by atoms with Crippen molar-refractivity contribution in [3.05, 3.63) is 24.5 Å². The first-order valence-corrected chi connectivity index (χ1v) is 6.32. The second kappa shape index (κ2) is 4.86. The summed E-state index contributed by atoms with van der Waals surface area (Å²) in [5.74, 6) is 0. The van der Waals surface area contributed by atoms with E-state index in [4.69, 9.17) is 0 Å². The molecule has 0 radical (unpaired) electrons. The van der Waals surface area contributed by atoms with Gasteiger partial charge in [0.1, 0.15) is 0 Å². The molecule has 16 heavy (non-hydrogen) atoms. The molecule has 1 heterocycles. The van der Waals surface area contributed by atoms with Crippen LogP contribution in [-0.2, 0) is 0 Å². The second-order valence-electron chi connectivity index (χ2n) is 5.68. The van der Waals surface area contributed by atoms with Crippen LogP contribution in [0.25, 0.3) is 0 Å². The topological polar surface area (TPSA) is 24.9 Å². The molecule has 88 valence electrons. The third kappa shape index (κ3) is 3.22. The van der Waals surface area contributed by atoms with Crippen LogP contribution in [0.15, 0.2) is 24.5 Å². The Bertz CT molecular complexity index is 319. The van der Waals surface area contributed by atoms with E-state index in [1.165, 1.54) is 32.1 Å². The first-order valence-electron chi connectivity index (χ1n) is 6.32. The average molecular weight is 218 g/mol. The number of rotatable bonds is 2. The van der Waals surface area contributed by atoms with Gasteiger partial charge < -0.3 is 5.32 Å². The fourth-order valence-electron chi connectivity index (χ4n) is 2.49. The summed E-state index contributed by atoms with van der Waals surface area (Å²) in [5.41, 5.74) is 1.69. The van der Waals surface area contributed by atoms with Crippen molar-refractivity contribution in [2.45, 2.75) is 52.0 Å². The van der Waals surface area contributed by atoms with E-state index in [9.17, 15) is 0 Å². The number of anilines is 1. The van der Waals surface area contributed by atoms with Crippen LogP contribution >= 0.6 is 0 Å². The van der Waals surface area contributed by atoms with Gasteiger partial charge in [-0.25, -0.2) is 0 Å². The molecule has 1 unspecified atom stereocenters. The van der Waals surface area contributed by atoms with E-state index in [2.05, 4.69) is 30.2 Å². The minimum absolute atomic E-state index is 0.533. The van der Waals surface area contributed by atoms with Gasteiger partial charge in [-0.2, -0.15) is 0 Å². The average Bonchev–Trinajstić information content (AvgIpc) is 2.42. The fraction of sp³-hybridized carbons (Fsp3) is 0.643. The summed E-state index contributed by atoms with van der Waals surface area (Å²) >= 11 is 0. The zero-order chi connectivity index (χ0) is 11.4. The maximum Gasteiger partial charge on any atom is 0.0528 e. The summed E-state index contributed by atoms with van der Waals surface area (Å²) in [6, 6.07) is 4.72. The van der Waals surface area contributed by atoms with Gasteiger partial charge in [-0.3, -0.25) is 4.98 Å². The number of hydrogen-bond donors (Lipinski definition) is 1. The maximum atomic E-state index is 4.14. The van der Waals surface area contributed by atoms with Crippen LogP contribution in [-0.4, -0.2) is 11.0 Å². The van der Waals surface area contributed by atoms with Crippen molar-refractivity contribution >= 4 is 5.69 Å². The molecule has 1 N–H and O–H groups in total. The molecule has 0 bridgehead atoms. The lowest BCUT2D eigenvalue weighted by Gasteiger charge is -2.22. The fourth-order valence-corrected chi connectivity index (χ4v) is 2.49. The van der Waals surface area contributed by atoms with E-state index in [0.717, 1.165) is 5.69 Å². The Morgan fingerprint density at radius 2 is 2.19 bits per heavy atom. The van der Waals surface area contributed by atoms with Gasteiger partial charge in [-0.1, -0.05) is 20.3 Å². The molecule has 1 aromatic rings. The molecule has 1 atom stereocenters. The molecule has 1 saturated carbocycles. The molecule has 2 nitrogen and oxygen atoms in total. The molecule has 1 aromatic heterocycles. The SMILES string of the molecule is CC1(C)CCCC(Nc2cccnc2)CC1. The van der Waals surface area contributed by atoms with Crippen molar-refractivity contribution in [1.82, 2.24) is 4.98 Å². The molecule has 0 saturated heterocycles. The van der Waals surface area contributed by atoms with Crippen molar-refractivity contribution in [1.29, 1.82) is 0 Å². The zero-order valence-corrected chi connectivity index (χ0v) is 10.4. The van der Waals surface area contributed by atoms with Crippen molar-refractivity contribution in [2.75, 3.05) is 5.32 Å². The van der Waals surface area contributed by atoms with Crippen molar-refractivity contribution < 1.29 is 0 Å². The standard InChI is InChI=1S/C14H22N2/c1-14(2)8-3-5-12(7-9-14)16-13-6-4-10-15-11-13/h4,6,10-12,16H,3,5,7-9H2,1-2H3. The largest absolute Gasteiger partial charge is 0.381 e. The highest BCUT2D eigenvalue weighted by Gasteiger charge is 2.24. The van der Waals surface area contributed by atoms with E-state index < -0.39 is 0 Å². The minimum Gasteiger partial charge on any atom is -0.381 e. The Hall–Kier alpha value is -1.05. The van der Waals surface area contributed by atoms with Crippen molar-refractivity contribution in [3.8, 4) is 0 Å². The normalized spacial score (nSPS) is 24.8. The van der Waals surface area contributed by atoms with Crippen molar-refractivity contribution in [3.63, 3.8) is 0 Å². The van der Waals surface area contributed by atoms with Crippen LogP contribution in [0.2, 0.25) is 0 Å². The Kier molecular flexibility index (Phi) is 3.47. The van der Waals surface area contributed by atoms with Gasteiger partial charge in [0.15, 0.2) is 0 Å². The maximum absolute atomic E-state index is 4.14. The van der Waals surface area contributed by atoms with Crippen LogP contribution in [0, 0.1) is 5.41 Å². The summed E-state index contributed by atoms with van der Waals surface area (Å²) in [7, 11) is 0. The molecule has 1 aliphatic carbocycles. The van der Waals surface area contributed by atoms with Crippen LogP contribution in [0.3, 0.4) is 0 Å². The predicted molar refractivity (Wildman–Crippen MR) is 68.5 cm³/mol. The molecular weight excluding hydrogens is 196 g/mol. The number of aromatic nitrogens is 1. The summed E-state index contributed by atoms with van der Waals surface area (Å²) in [4.78, 5) is 4.14. The van der Waals surface area contributed by atoms with Crippen LogP contribution in [0.5, 0.6) is 0 Å². The molecule has 2 rings (SSSR count). The Balaban J connectivity index is 1.92. The van der Waals surface area contributed by atoms with Gasteiger partial charge in [-0.15, -0.1) is 0 Å². The molecular formula is C14H22N2. The highest BCUT2D eigenvalue weighted by molar-refractivity contribution is 5.40. The Labute approximate surface area is 98.5 Å². The molecule has 0 amide bonds. The van der Waals surface area contributed by atoms with Gasteiger partial charge in [0.05, 0.1) is 5.69 Å². The van der Waals surface area contributed by atoms with E-state index in [-0.39, 0.29) is 0 Å². The molecule has 0 spiro atoms. The number of pyridine rings is 1. The monoisotopic (exact) mass is 218 g/mol. The number of nitrogens with zero attached hydrogens (tertiary/aromatic N) is 1. The predicted octanol–water partition coefficient (Wildman–Crippen LogP) is 3.85. The van der Waals surface area contributed by atoms with Gasteiger partial charge in [0.25, 0.3) is 0 Å². The van der Waals surface area contributed by atoms with Crippen molar-refractivity contribution in [2.24, 2.45) is 5.41 Å². The second-order valence-corrected chi connectivity index (χ2v) is 5.68. The lowest BCUT2D eigenvalue weighted by molar-refractivity contribution is 0.313. The molecule has 1 fully saturated rings. The van der Waals surface area contributed by atoms with E-state index >= 15 is 0 Å². The van der Waals surface area contributed by atoms with Gasteiger partial charge in [0.2, 0.25) is 0 Å². The Morgan fingerprint density at radius 3 is 2.94 bits per heavy atom. The minimum atomic E-state index is 0.533. The van der Waals surface area contributed by atoms with E-state index in [1.54, 1.807) is 0 Å². The van der Waals surface area contributed by atoms with E-state index in [1.807, 2.05) is 18.5 Å². The van der Waals surface area contributed by atoms with Crippen LogP contribution in [0.4, 0.5) is 5.69 Å². The van der Waals surface area contributed by atoms with Crippen LogP contribution < -0.4 is 5.32 Å². The number of nitrogens with one attached hydrogen (secondary N) is 1. The first-order chi connectivity index (χ1) is 7.66. The zero-order valence-electron chi connectivity index (χ0n) is 10.4. The summed E-state index contributed by atoms with van der Waals surface area (Å²) < 4.78 is 0. The molecule has 0 aromatic carbocycles. The summed E-state index contributed by atoms with van der Waals surface area (Å²) in [6.07, 6.45) is 10.3. The molecule has 0 aliphatic heterocycles. The third-order valence-electron chi connectivity index (χ3n) is 3.61.